The van der Waals surface area contributed by atoms with Crippen molar-refractivity contribution in [2.45, 2.75) is 0 Å². The molecule has 3 aromatic heterocycles. The van der Waals surface area contributed by atoms with Gasteiger partial charge in [0.1, 0.15) is 11.3 Å². The summed E-state index contributed by atoms with van der Waals surface area (Å²) in [5.41, 5.74) is 0.895. The molecule has 4 aromatic rings. The average molecular weight is 495 g/mol. The van der Waals surface area contributed by atoms with E-state index >= 15 is 8.78 Å². The van der Waals surface area contributed by atoms with Gasteiger partial charge < -0.3 is 23.8 Å². The standard InChI is InChI=1S/C25H23F2N5O4/c1-33-16-8-15(11-28-13-16)24-29-12-14-9-17(20-21(26)18(34-2)10-19(35-3)22(20)27)30-25(23(14)31-24)32-4-6-36-7-5-32/h8-13H,4-7H2,1-3H3. The molecule has 1 aliphatic heterocycles. The van der Waals surface area contributed by atoms with Gasteiger partial charge in [-0.1, -0.05) is 0 Å². The van der Waals surface area contributed by atoms with Crippen molar-refractivity contribution in [3.8, 4) is 39.9 Å². The van der Waals surface area contributed by atoms with Crippen LogP contribution in [0.25, 0.3) is 33.5 Å². The molecule has 0 amide bonds. The zero-order valence-corrected chi connectivity index (χ0v) is 19.9. The minimum atomic E-state index is -0.879. The van der Waals surface area contributed by atoms with Crippen LogP contribution < -0.4 is 19.1 Å². The molecule has 1 fully saturated rings. The minimum Gasteiger partial charge on any atom is -0.495 e. The van der Waals surface area contributed by atoms with Crippen LogP contribution in [-0.2, 0) is 4.74 Å². The van der Waals surface area contributed by atoms with Crippen molar-refractivity contribution < 1.29 is 27.7 Å². The molecule has 186 valence electrons. The zero-order chi connectivity index (χ0) is 25.2. The topological polar surface area (TPSA) is 91.7 Å². The predicted molar refractivity (Wildman–Crippen MR) is 129 cm³/mol. The molecular weight excluding hydrogens is 472 g/mol. The fourth-order valence-electron chi connectivity index (χ4n) is 4.05. The third kappa shape index (κ3) is 4.22. The van der Waals surface area contributed by atoms with Crippen LogP contribution in [0.15, 0.2) is 36.8 Å². The summed E-state index contributed by atoms with van der Waals surface area (Å²) in [6.45, 7) is 2.05. The number of hydrogen-bond acceptors (Lipinski definition) is 9. The Balaban J connectivity index is 1.74. The van der Waals surface area contributed by atoms with Crippen molar-refractivity contribution in [3.63, 3.8) is 0 Å². The number of aromatic nitrogens is 4. The van der Waals surface area contributed by atoms with Crippen LogP contribution in [0.2, 0.25) is 0 Å². The highest BCUT2D eigenvalue weighted by Crippen LogP contribution is 2.39. The Labute approximate surface area is 205 Å². The molecule has 0 aliphatic carbocycles. The number of pyridine rings is 2. The van der Waals surface area contributed by atoms with Gasteiger partial charge in [0.2, 0.25) is 0 Å². The molecular formula is C25H23F2N5O4. The van der Waals surface area contributed by atoms with Crippen LogP contribution in [0.1, 0.15) is 0 Å². The number of rotatable bonds is 6. The van der Waals surface area contributed by atoms with Gasteiger partial charge in [0.25, 0.3) is 0 Å². The molecule has 0 bridgehead atoms. The summed E-state index contributed by atoms with van der Waals surface area (Å²) < 4.78 is 51.6. The molecule has 11 heteroatoms. The second-order valence-electron chi connectivity index (χ2n) is 7.96. The van der Waals surface area contributed by atoms with Crippen molar-refractivity contribution in [1.82, 2.24) is 19.9 Å². The molecule has 0 saturated carbocycles. The van der Waals surface area contributed by atoms with Gasteiger partial charge in [0.05, 0.1) is 52.0 Å². The Hall–Kier alpha value is -4.12. The second-order valence-corrected chi connectivity index (χ2v) is 7.96. The first-order valence-corrected chi connectivity index (χ1v) is 11.1. The smallest absolute Gasteiger partial charge is 0.177 e. The van der Waals surface area contributed by atoms with Gasteiger partial charge in [-0.25, -0.2) is 23.7 Å². The van der Waals surface area contributed by atoms with E-state index in [4.69, 9.17) is 23.9 Å². The van der Waals surface area contributed by atoms with Gasteiger partial charge >= 0.3 is 0 Å². The lowest BCUT2D eigenvalue weighted by atomic mass is 10.1. The maximum atomic E-state index is 15.3. The molecule has 36 heavy (non-hydrogen) atoms. The molecule has 0 radical (unpaired) electrons. The van der Waals surface area contributed by atoms with Crippen molar-refractivity contribution in [2.75, 3.05) is 52.5 Å². The van der Waals surface area contributed by atoms with Gasteiger partial charge in [0.15, 0.2) is 34.8 Å². The number of nitrogens with zero attached hydrogens (tertiary/aromatic N) is 5. The van der Waals surface area contributed by atoms with Gasteiger partial charge in [-0.15, -0.1) is 0 Å². The van der Waals surface area contributed by atoms with E-state index in [9.17, 15) is 0 Å². The first kappa shape index (κ1) is 23.6. The third-order valence-corrected chi connectivity index (χ3v) is 5.89. The van der Waals surface area contributed by atoms with E-state index in [-0.39, 0.29) is 22.8 Å². The van der Waals surface area contributed by atoms with Gasteiger partial charge in [-0.2, -0.15) is 0 Å². The molecule has 5 rings (SSSR count). The largest absolute Gasteiger partial charge is 0.495 e. The number of halogens is 2. The first-order valence-electron chi connectivity index (χ1n) is 11.1. The Kier molecular flexibility index (Phi) is 6.47. The van der Waals surface area contributed by atoms with Crippen LogP contribution in [-0.4, -0.2) is 67.6 Å². The Bertz CT molecular complexity index is 1400. The predicted octanol–water partition coefficient (Wildman–Crippen LogP) is 3.89. The molecule has 1 saturated heterocycles. The monoisotopic (exact) mass is 495 g/mol. The summed E-state index contributed by atoms with van der Waals surface area (Å²) in [5.74, 6) is -0.628. The van der Waals surface area contributed by atoms with E-state index in [1.807, 2.05) is 4.90 Å². The highest BCUT2D eigenvalue weighted by Gasteiger charge is 2.26. The van der Waals surface area contributed by atoms with Crippen LogP contribution in [0.4, 0.5) is 14.6 Å². The second kappa shape index (κ2) is 9.86. The van der Waals surface area contributed by atoms with E-state index < -0.39 is 11.6 Å². The fraction of sp³-hybridized carbons (Fsp3) is 0.280. The highest BCUT2D eigenvalue weighted by molar-refractivity contribution is 5.92. The third-order valence-electron chi connectivity index (χ3n) is 5.89. The van der Waals surface area contributed by atoms with E-state index in [2.05, 4.69) is 15.0 Å². The molecule has 1 aromatic carbocycles. The lowest BCUT2D eigenvalue weighted by Crippen LogP contribution is -2.37. The lowest BCUT2D eigenvalue weighted by Gasteiger charge is -2.29. The van der Waals surface area contributed by atoms with Crippen LogP contribution in [0, 0.1) is 11.6 Å². The summed E-state index contributed by atoms with van der Waals surface area (Å²) in [6, 6.07) is 4.49. The maximum absolute atomic E-state index is 15.3. The summed E-state index contributed by atoms with van der Waals surface area (Å²) in [4.78, 5) is 20.1. The van der Waals surface area contributed by atoms with E-state index in [1.54, 1.807) is 37.8 Å². The van der Waals surface area contributed by atoms with Gasteiger partial charge in [0, 0.05) is 42.5 Å². The van der Waals surface area contributed by atoms with Crippen molar-refractivity contribution in [3.05, 3.63) is 48.4 Å². The number of benzene rings is 1. The van der Waals surface area contributed by atoms with Crippen molar-refractivity contribution in [2.24, 2.45) is 0 Å². The average Bonchev–Trinajstić information content (AvgIpc) is 2.93. The lowest BCUT2D eigenvalue weighted by molar-refractivity contribution is 0.122. The molecule has 9 nitrogen and oxygen atoms in total. The first-order chi connectivity index (χ1) is 17.5. The summed E-state index contributed by atoms with van der Waals surface area (Å²) >= 11 is 0. The van der Waals surface area contributed by atoms with Crippen LogP contribution in [0.5, 0.6) is 17.2 Å². The molecule has 0 spiro atoms. The SMILES string of the molecule is COc1cncc(-c2ncc3cc(-c4c(F)c(OC)cc(OC)c4F)nc(N4CCOCC4)c3n2)c1. The summed E-state index contributed by atoms with van der Waals surface area (Å²) in [6.07, 6.45) is 4.82. The van der Waals surface area contributed by atoms with Crippen LogP contribution >= 0.6 is 0 Å². The highest BCUT2D eigenvalue weighted by atomic mass is 19.1. The molecule has 1 aliphatic rings. The quantitative estimate of drug-likeness (QED) is 0.395. The molecule has 0 N–H and O–H groups in total. The van der Waals surface area contributed by atoms with Crippen molar-refractivity contribution >= 4 is 16.7 Å². The van der Waals surface area contributed by atoms with E-state index in [1.165, 1.54) is 14.2 Å². The van der Waals surface area contributed by atoms with Crippen LogP contribution in [0.3, 0.4) is 0 Å². The van der Waals surface area contributed by atoms with Gasteiger partial charge in [-0.3, -0.25) is 4.98 Å². The number of hydrogen-bond donors (Lipinski definition) is 0. The Morgan fingerprint density at radius 1 is 0.861 bits per heavy atom. The minimum absolute atomic E-state index is 0.0654. The Morgan fingerprint density at radius 2 is 1.58 bits per heavy atom. The number of methoxy groups -OCH3 is 3. The summed E-state index contributed by atoms with van der Waals surface area (Å²) in [5, 5.41) is 0.557. The summed E-state index contributed by atoms with van der Waals surface area (Å²) in [7, 11) is 4.15. The number of fused-ring (bicyclic) bond motifs is 1. The molecule has 0 unspecified atom stereocenters. The number of morpholine rings is 1. The number of anilines is 1. The molecule has 4 heterocycles. The van der Waals surface area contributed by atoms with E-state index in [0.29, 0.717) is 60.2 Å². The van der Waals surface area contributed by atoms with Crippen molar-refractivity contribution in [1.29, 1.82) is 0 Å². The number of ether oxygens (including phenoxy) is 4. The molecule has 0 atom stereocenters. The van der Waals surface area contributed by atoms with Gasteiger partial charge in [-0.05, 0) is 12.1 Å². The Morgan fingerprint density at radius 3 is 2.25 bits per heavy atom. The zero-order valence-electron chi connectivity index (χ0n) is 19.9. The fourth-order valence-corrected chi connectivity index (χ4v) is 4.05. The van der Waals surface area contributed by atoms with E-state index in [0.717, 1.165) is 6.07 Å². The normalized spacial score (nSPS) is 13.6. The maximum Gasteiger partial charge on any atom is 0.177 e.